The standard InChI is InChI=1S/C25H32BrFN2O.C2H6/c1-7-11-24(30-6)22(18-20(5)26)14-13-21(8-2)23(12-9-10-15-27)25-28-16-17-29(25)19(3)4;1-2/h2,7,9-12,18-19,21H,1,5,13-17H2,3-4,6H3;1-2H3/b10-9-,22-18-,23-12+,24-11+;. The average Bonchev–Trinajstić information content (AvgIpc) is 3.27. The van der Waals surface area contributed by atoms with Gasteiger partial charge in [-0.1, -0.05) is 73.2 Å². The number of alkyl halides is 1. The van der Waals surface area contributed by atoms with Gasteiger partial charge in [0, 0.05) is 28.6 Å². The second kappa shape index (κ2) is 17.3. The number of halogens is 2. The Morgan fingerprint density at radius 2 is 2.06 bits per heavy atom. The van der Waals surface area contributed by atoms with E-state index in [1.54, 1.807) is 19.3 Å². The summed E-state index contributed by atoms with van der Waals surface area (Å²) in [6, 6.07) is 0.307. The summed E-state index contributed by atoms with van der Waals surface area (Å²) < 4.78 is 18.9. The minimum atomic E-state index is -0.519. The molecule has 0 fully saturated rings. The molecule has 1 unspecified atom stereocenters. The first kappa shape index (κ1) is 29.7. The number of hydrogen-bond acceptors (Lipinski definition) is 3. The zero-order valence-corrected chi connectivity index (χ0v) is 21.8. The normalized spacial score (nSPS) is 15.8. The molecule has 0 aromatic rings. The summed E-state index contributed by atoms with van der Waals surface area (Å²) in [5, 5.41) is 0. The van der Waals surface area contributed by atoms with Gasteiger partial charge >= 0.3 is 0 Å². The third-order valence-corrected chi connectivity index (χ3v) is 4.90. The number of rotatable bonds is 12. The maximum atomic E-state index is 12.6. The Bertz CT molecular complexity index is 797. The number of allylic oxidation sites excluding steroid dienone is 8. The van der Waals surface area contributed by atoms with E-state index >= 15 is 0 Å². The third kappa shape index (κ3) is 9.87. The summed E-state index contributed by atoms with van der Waals surface area (Å²) in [6.07, 6.45) is 17.8. The molecule has 32 heavy (non-hydrogen) atoms. The van der Waals surface area contributed by atoms with E-state index in [1.807, 2.05) is 32.1 Å². The quantitative estimate of drug-likeness (QED) is 0.160. The highest BCUT2D eigenvalue weighted by Crippen LogP contribution is 2.28. The van der Waals surface area contributed by atoms with Gasteiger partial charge < -0.3 is 9.64 Å². The van der Waals surface area contributed by atoms with Crippen LogP contribution in [0.2, 0.25) is 0 Å². The molecule has 5 heteroatoms. The Kier molecular flexibility index (Phi) is 16.0. The molecule has 1 rings (SSSR count). The number of methoxy groups -OCH3 is 1. The molecule has 0 radical (unpaired) electrons. The van der Waals surface area contributed by atoms with Crippen LogP contribution in [0.15, 0.2) is 76.0 Å². The molecular formula is C27H38BrFN2O. The Balaban J connectivity index is 0.00000466. The van der Waals surface area contributed by atoms with Crippen molar-refractivity contribution in [2.75, 3.05) is 26.9 Å². The van der Waals surface area contributed by atoms with Crippen LogP contribution >= 0.6 is 15.9 Å². The second-order valence-electron chi connectivity index (χ2n) is 7.04. The van der Waals surface area contributed by atoms with Crippen LogP contribution in [0.25, 0.3) is 0 Å². The number of hydrogen-bond donors (Lipinski definition) is 0. The summed E-state index contributed by atoms with van der Waals surface area (Å²) in [7, 11) is 1.62. The summed E-state index contributed by atoms with van der Waals surface area (Å²) >= 11 is 3.39. The summed E-state index contributed by atoms with van der Waals surface area (Å²) in [5.41, 5.74) is 1.91. The fourth-order valence-electron chi connectivity index (χ4n) is 3.29. The minimum absolute atomic E-state index is 0.179. The Morgan fingerprint density at radius 1 is 1.38 bits per heavy atom. The van der Waals surface area contributed by atoms with Gasteiger partial charge in [0.15, 0.2) is 0 Å². The highest BCUT2D eigenvalue weighted by atomic mass is 79.9. The van der Waals surface area contributed by atoms with Crippen LogP contribution in [-0.4, -0.2) is 43.7 Å². The number of nitrogens with zero attached hydrogens (tertiary/aromatic N) is 2. The van der Waals surface area contributed by atoms with E-state index in [0.717, 1.165) is 34.6 Å². The predicted molar refractivity (Wildman–Crippen MR) is 142 cm³/mol. The van der Waals surface area contributed by atoms with Gasteiger partial charge in [0.05, 0.1) is 13.7 Å². The van der Waals surface area contributed by atoms with E-state index < -0.39 is 6.67 Å². The van der Waals surface area contributed by atoms with Crippen molar-refractivity contribution in [2.45, 2.75) is 46.6 Å². The lowest BCUT2D eigenvalue weighted by molar-refractivity contribution is 0.297. The molecule has 0 aromatic carbocycles. The Labute approximate surface area is 203 Å². The van der Waals surface area contributed by atoms with Crippen molar-refractivity contribution < 1.29 is 9.13 Å². The molecule has 1 aliphatic rings. The van der Waals surface area contributed by atoms with Gasteiger partial charge in [-0.05, 0) is 44.4 Å². The molecule has 0 amide bonds. The lowest BCUT2D eigenvalue weighted by Gasteiger charge is -2.28. The summed E-state index contributed by atoms with van der Waals surface area (Å²) in [4.78, 5) is 6.95. The topological polar surface area (TPSA) is 24.8 Å². The molecule has 1 aliphatic heterocycles. The molecule has 0 spiro atoms. The zero-order valence-electron chi connectivity index (χ0n) is 20.2. The lowest BCUT2D eigenvalue weighted by atomic mass is 9.90. The Morgan fingerprint density at radius 3 is 2.56 bits per heavy atom. The molecule has 0 aromatic heterocycles. The van der Waals surface area contributed by atoms with E-state index in [9.17, 15) is 4.39 Å². The maximum Gasteiger partial charge on any atom is 0.128 e. The van der Waals surface area contributed by atoms with Crippen molar-refractivity contribution in [3.05, 3.63) is 71.0 Å². The van der Waals surface area contributed by atoms with Crippen molar-refractivity contribution in [1.82, 2.24) is 4.90 Å². The number of terminal acetylenes is 1. The first-order valence-corrected chi connectivity index (χ1v) is 11.8. The fourth-order valence-corrected chi connectivity index (χ4v) is 3.56. The fraction of sp³-hybridized carbons (Fsp3) is 0.444. The van der Waals surface area contributed by atoms with Crippen LogP contribution in [0, 0.1) is 18.3 Å². The number of ether oxygens (including phenoxy) is 1. The van der Waals surface area contributed by atoms with E-state index in [-0.39, 0.29) is 5.92 Å². The van der Waals surface area contributed by atoms with Gasteiger partial charge in [-0.3, -0.25) is 4.99 Å². The average molecular weight is 506 g/mol. The van der Waals surface area contributed by atoms with Crippen LogP contribution in [0.1, 0.15) is 40.5 Å². The van der Waals surface area contributed by atoms with E-state index in [2.05, 4.69) is 53.8 Å². The maximum absolute atomic E-state index is 12.6. The van der Waals surface area contributed by atoms with Crippen LogP contribution in [-0.2, 0) is 4.74 Å². The summed E-state index contributed by atoms with van der Waals surface area (Å²) in [5.74, 6) is 4.36. The molecule has 1 heterocycles. The van der Waals surface area contributed by atoms with Crippen molar-refractivity contribution in [2.24, 2.45) is 10.9 Å². The lowest BCUT2D eigenvalue weighted by Crippen LogP contribution is -2.36. The molecule has 1 atom stereocenters. The van der Waals surface area contributed by atoms with Gasteiger partial charge in [-0.2, -0.15) is 0 Å². The third-order valence-electron chi connectivity index (χ3n) is 4.67. The first-order valence-electron chi connectivity index (χ1n) is 11.0. The highest BCUT2D eigenvalue weighted by Gasteiger charge is 2.27. The van der Waals surface area contributed by atoms with Crippen molar-refractivity contribution in [1.29, 1.82) is 0 Å². The van der Waals surface area contributed by atoms with Crippen molar-refractivity contribution >= 4 is 21.8 Å². The molecular weight excluding hydrogens is 467 g/mol. The van der Waals surface area contributed by atoms with Crippen LogP contribution < -0.4 is 0 Å². The molecule has 0 aliphatic carbocycles. The molecule has 0 saturated carbocycles. The minimum Gasteiger partial charge on any atom is -0.496 e. The molecule has 0 bridgehead atoms. The van der Waals surface area contributed by atoms with Gasteiger partial charge in [-0.25, -0.2) is 4.39 Å². The predicted octanol–water partition coefficient (Wildman–Crippen LogP) is 7.17. The highest BCUT2D eigenvalue weighted by molar-refractivity contribution is 9.11. The van der Waals surface area contributed by atoms with E-state index in [4.69, 9.17) is 16.2 Å². The van der Waals surface area contributed by atoms with E-state index in [0.29, 0.717) is 24.6 Å². The van der Waals surface area contributed by atoms with Gasteiger partial charge in [0.25, 0.3) is 0 Å². The molecule has 176 valence electrons. The van der Waals surface area contributed by atoms with Crippen molar-refractivity contribution in [3.63, 3.8) is 0 Å². The zero-order chi connectivity index (χ0) is 24.5. The molecule has 0 N–H and O–H groups in total. The van der Waals surface area contributed by atoms with Gasteiger partial charge in [-0.15, -0.1) is 6.42 Å². The largest absolute Gasteiger partial charge is 0.496 e. The van der Waals surface area contributed by atoms with Gasteiger partial charge in [0.2, 0.25) is 0 Å². The molecule has 0 saturated heterocycles. The monoisotopic (exact) mass is 504 g/mol. The molecule has 3 nitrogen and oxygen atoms in total. The van der Waals surface area contributed by atoms with Crippen LogP contribution in [0.3, 0.4) is 0 Å². The van der Waals surface area contributed by atoms with Crippen molar-refractivity contribution in [3.8, 4) is 12.3 Å². The smallest absolute Gasteiger partial charge is 0.128 e. The number of amidine groups is 1. The Hall–Kier alpha value is -2.32. The van der Waals surface area contributed by atoms with Crippen LogP contribution in [0.5, 0.6) is 0 Å². The van der Waals surface area contributed by atoms with Crippen LogP contribution in [0.4, 0.5) is 4.39 Å². The van der Waals surface area contributed by atoms with E-state index in [1.165, 1.54) is 6.08 Å². The SMILES string of the molecule is C#CC(CCC(=C/C(=C)Br)/C(=C\C=C)OC)/C(=C\C=C/CF)C1=NCCN1C(C)C.CC. The number of aliphatic imine (C=N–C) groups is 1. The first-order chi connectivity index (χ1) is 15.4. The van der Waals surface area contributed by atoms with Gasteiger partial charge in [0.1, 0.15) is 18.3 Å². The second-order valence-corrected chi connectivity index (χ2v) is 8.06. The summed E-state index contributed by atoms with van der Waals surface area (Å²) in [6.45, 7) is 17.0.